The first-order valence-corrected chi connectivity index (χ1v) is 2.74. The number of carbonyl (C=O) groups is 1. The van der Waals surface area contributed by atoms with Gasteiger partial charge in [0.05, 0.1) is 1.37 Å². The molecule has 0 rings (SSSR count). The van der Waals surface area contributed by atoms with Crippen LogP contribution in [0.3, 0.4) is 0 Å². The highest BCUT2D eigenvalue weighted by Crippen LogP contribution is 2.01. The van der Waals surface area contributed by atoms with Crippen LogP contribution >= 0.6 is 0 Å². The van der Waals surface area contributed by atoms with Gasteiger partial charge in [-0.05, 0) is 12.3 Å². The number of carboxylic acid groups (broad SMARTS) is 1. The van der Waals surface area contributed by atoms with Gasteiger partial charge in [-0.2, -0.15) is 0 Å². The molecule has 0 aliphatic heterocycles. The summed E-state index contributed by atoms with van der Waals surface area (Å²) in [6, 6.07) is -2.19. The van der Waals surface area contributed by atoms with Crippen molar-refractivity contribution in [1.29, 1.82) is 0 Å². The fourth-order valence-electron chi connectivity index (χ4n) is 0.430. The van der Waals surface area contributed by atoms with Gasteiger partial charge in [0.15, 0.2) is 0 Å². The number of carboxylic acids is 1. The molecule has 0 bridgehead atoms. The Labute approximate surface area is 57.7 Å². The van der Waals surface area contributed by atoms with Crippen molar-refractivity contribution in [3.8, 4) is 0 Å². The molecular weight excluding hydrogens is 118 g/mol. The predicted molar refractivity (Wildman–Crippen MR) is 35.1 cm³/mol. The lowest BCUT2D eigenvalue weighted by atomic mass is 10.1. The first-order chi connectivity index (χ1) is 4.80. The van der Waals surface area contributed by atoms with Crippen molar-refractivity contribution in [3.05, 3.63) is 0 Å². The molecule has 3 nitrogen and oxygen atoms in total. The minimum Gasteiger partial charge on any atom is -0.480 e. The molecule has 2 atom stereocenters. The van der Waals surface area contributed by atoms with E-state index in [-0.39, 0.29) is 5.92 Å². The molecule has 0 aromatic rings. The number of hydrogen-bond donors (Lipinski definition) is 2. The summed E-state index contributed by atoms with van der Waals surface area (Å²) >= 11 is 0. The van der Waals surface area contributed by atoms with E-state index in [2.05, 4.69) is 0 Å². The van der Waals surface area contributed by atoms with Crippen LogP contribution in [0.25, 0.3) is 0 Å². The third-order valence-electron chi connectivity index (χ3n) is 0.760. The Bertz CT molecular complexity index is 159. The van der Waals surface area contributed by atoms with Crippen LogP contribution < -0.4 is 5.73 Å². The van der Waals surface area contributed by atoms with Gasteiger partial charge in [-0.3, -0.25) is 4.79 Å². The van der Waals surface area contributed by atoms with E-state index in [1.807, 2.05) is 0 Å². The summed E-state index contributed by atoms with van der Waals surface area (Å²) in [7, 11) is 0. The van der Waals surface area contributed by atoms with Crippen molar-refractivity contribution in [2.45, 2.75) is 26.3 Å². The Hall–Kier alpha value is -0.570. The second-order valence-corrected chi connectivity index (χ2v) is 2.17. The topological polar surface area (TPSA) is 63.3 Å². The molecule has 54 valence electrons. The molecule has 0 aromatic carbocycles. The largest absolute Gasteiger partial charge is 0.480 e. The van der Waals surface area contributed by atoms with Gasteiger partial charge in [0.25, 0.3) is 0 Å². The first kappa shape index (κ1) is 5.23. The maximum atomic E-state index is 10.3. The number of aliphatic carboxylic acids is 1. The van der Waals surface area contributed by atoms with Crippen molar-refractivity contribution in [2.75, 3.05) is 0 Å². The van der Waals surface area contributed by atoms with E-state index in [4.69, 9.17) is 13.6 Å². The van der Waals surface area contributed by atoms with Gasteiger partial charge < -0.3 is 10.8 Å². The molecule has 3 heteroatoms. The highest BCUT2D eigenvalue weighted by molar-refractivity contribution is 5.72. The van der Waals surface area contributed by atoms with Crippen molar-refractivity contribution >= 4 is 5.97 Å². The molecule has 0 aromatic heterocycles. The average Bonchev–Trinajstić information content (AvgIpc) is 1.85. The molecule has 0 fully saturated rings. The van der Waals surface area contributed by atoms with E-state index in [1.54, 1.807) is 13.8 Å². The van der Waals surface area contributed by atoms with Gasteiger partial charge in [-0.25, -0.2) is 0 Å². The van der Waals surface area contributed by atoms with E-state index < -0.39 is 18.4 Å². The zero-order valence-corrected chi connectivity index (χ0v) is 5.59. The Morgan fingerprint density at radius 3 is 2.56 bits per heavy atom. The highest BCUT2D eigenvalue weighted by atomic mass is 16.4. The van der Waals surface area contributed by atoms with Crippen LogP contribution in [0.1, 0.15) is 23.0 Å². The summed E-state index contributed by atoms with van der Waals surface area (Å²) in [6.45, 7) is 3.33. The van der Waals surface area contributed by atoms with E-state index in [0.717, 1.165) is 0 Å². The summed E-state index contributed by atoms with van der Waals surface area (Å²) in [5, 5.41) is 8.43. The lowest BCUT2D eigenvalue weighted by Crippen LogP contribution is -2.31. The second kappa shape index (κ2) is 3.45. The van der Waals surface area contributed by atoms with Gasteiger partial charge >= 0.3 is 5.97 Å². The lowest BCUT2D eigenvalue weighted by molar-refractivity contribution is -0.138. The van der Waals surface area contributed by atoms with Crippen LogP contribution in [-0.4, -0.2) is 17.1 Å². The normalized spacial score (nSPS) is 24.0. The minimum atomic E-state index is -2.19. The zero-order valence-electron chi connectivity index (χ0n) is 7.59. The smallest absolute Gasteiger partial charge is 0.320 e. The zero-order chi connectivity index (χ0) is 9.23. The van der Waals surface area contributed by atoms with E-state index in [0.29, 0.717) is 0 Å². The highest BCUT2D eigenvalue weighted by Gasteiger charge is 2.11. The van der Waals surface area contributed by atoms with Gasteiger partial charge in [0, 0.05) is 1.37 Å². The van der Waals surface area contributed by atoms with Gasteiger partial charge in [-0.15, -0.1) is 0 Å². The second-order valence-electron chi connectivity index (χ2n) is 2.17. The lowest BCUT2D eigenvalue weighted by Gasteiger charge is -2.07. The van der Waals surface area contributed by atoms with Crippen LogP contribution in [0.4, 0.5) is 0 Å². The maximum Gasteiger partial charge on any atom is 0.320 e. The van der Waals surface area contributed by atoms with Crippen molar-refractivity contribution < 1.29 is 12.6 Å². The Morgan fingerprint density at radius 1 is 2.00 bits per heavy atom. The SMILES string of the molecule is [2H][C@H](C(C)C)[C@]([2H])(N)C(=O)O. The molecule has 0 amide bonds. The van der Waals surface area contributed by atoms with E-state index in [1.165, 1.54) is 0 Å². The molecule has 0 saturated carbocycles. The predicted octanol–water partition coefficient (Wildman–Crippen LogP) is 0.444. The van der Waals surface area contributed by atoms with Crippen molar-refractivity contribution in [2.24, 2.45) is 11.7 Å². The molecule has 0 saturated heterocycles. The van der Waals surface area contributed by atoms with Crippen LogP contribution in [0.2, 0.25) is 0 Å². The van der Waals surface area contributed by atoms with Crippen LogP contribution in [0.5, 0.6) is 0 Å². The molecular formula is C6H13NO2. The van der Waals surface area contributed by atoms with Gasteiger partial charge in [0.2, 0.25) is 0 Å². The maximum absolute atomic E-state index is 10.3. The van der Waals surface area contributed by atoms with Gasteiger partial charge in [0.1, 0.15) is 6.02 Å². The minimum absolute atomic E-state index is 0.228. The fourth-order valence-corrected chi connectivity index (χ4v) is 0.430. The van der Waals surface area contributed by atoms with E-state index >= 15 is 0 Å². The average molecular weight is 133 g/mol. The third-order valence-corrected chi connectivity index (χ3v) is 0.760. The molecule has 0 unspecified atom stereocenters. The summed E-state index contributed by atoms with van der Waals surface area (Å²) in [4.78, 5) is 10.3. The summed E-state index contributed by atoms with van der Waals surface area (Å²) in [5.41, 5.74) is 5.08. The van der Waals surface area contributed by atoms with Crippen molar-refractivity contribution in [3.63, 3.8) is 0 Å². The molecule has 0 heterocycles. The molecule has 0 aliphatic rings. The fraction of sp³-hybridized carbons (Fsp3) is 0.833. The van der Waals surface area contributed by atoms with Crippen LogP contribution in [0.15, 0.2) is 0 Å². The van der Waals surface area contributed by atoms with Crippen LogP contribution in [-0.2, 0) is 4.79 Å². The molecule has 0 radical (unpaired) electrons. The number of nitrogens with two attached hydrogens (primary N) is 1. The third kappa shape index (κ3) is 3.97. The Balaban J connectivity index is 4.42. The van der Waals surface area contributed by atoms with E-state index in [9.17, 15) is 4.79 Å². The summed E-state index contributed by atoms with van der Waals surface area (Å²) in [5.74, 6) is -1.68. The molecule has 3 N–H and O–H groups in total. The first-order valence-electron chi connectivity index (χ1n) is 3.82. The van der Waals surface area contributed by atoms with Gasteiger partial charge in [-0.1, -0.05) is 13.8 Å². The Morgan fingerprint density at radius 2 is 2.44 bits per heavy atom. The standard InChI is InChI=1S/C6H13NO2/c1-4(2)3-5(7)6(8)9/h4-5H,3,7H2,1-2H3,(H,8,9)/t5-/m0/s1/i3D,5D/t3-,5+/m1. The quantitative estimate of drug-likeness (QED) is 0.587. The molecule has 9 heavy (non-hydrogen) atoms. The molecule has 0 spiro atoms. The monoisotopic (exact) mass is 133 g/mol. The number of rotatable bonds is 3. The number of hydrogen-bond acceptors (Lipinski definition) is 2. The van der Waals surface area contributed by atoms with Crippen LogP contribution in [0, 0.1) is 5.92 Å². The molecule has 0 aliphatic carbocycles. The summed E-state index contributed by atoms with van der Waals surface area (Å²) in [6.07, 6.45) is -1.10. The summed E-state index contributed by atoms with van der Waals surface area (Å²) < 4.78 is 14.4. The van der Waals surface area contributed by atoms with Crippen molar-refractivity contribution in [1.82, 2.24) is 0 Å². The Kier molecular flexibility index (Phi) is 2.01.